The molecule has 2 aromatic heterocycles. The summed E-state index contributed by atoms with van der Waals surface area (Å²) in [5.74, 6) is 0. The average Bonchev–Trinajstić information content (AvgIpc) is 3.38. The van der Waals surface area contributed by atoms with Crippen LogP contribution in [0, 0.1) is 0 Å². The van der Waals surface area contributed by atoms with Crippen molar-refractivity contribution in [1.29, 1.82) is 0 Å². The highest BCUT2D eigenvalue weighted by molar-refractivity contribution is 6.34. The topological polar surface area (TPSA) is 33.5 Å². The third-order valence-electron chi connectivity index (χ3n) is 7.08. The fourth-order valence-corrected chi connectivity index (χ4v) is 5.67. The Balaban J connectivity index is 1.28. The molecule has 3 fully saturated rings. The molecule has 3 aliphatic rings. The minimum absolute atomic E-state index is 0.113. The quantitative estimate of drug-likeness (QED) is 0.746. The molecule has 0 saturated carbocycles. The number of aromatic nitrogens is 2. The first-order valence-electron chi connectivity index (χ1n) is 10.3. The molecule has 2 atom stereocenters. The van der Waals surface area contributed by atoms with Gasteiger partial charge < -0.3 is 14.2 Å². The maximum Gasteiger partial charge on any atom is 0.138 e. The van der Waals surface area contributed by atoms with Crippen LogP contribution in [0.25, 0.3) is 10.9 Å². The molecule has 0 N–H and O–H groups in total. The molecule has 0 amide bonds. The Bertz CT molecular complexity index is 814. The van der Waals surface area contributed by atoms with E-state index in [1.54, 1.807) is 6.20 Å². The third kappa shape index (κ3) is 3.19. The van der Waals surface area contributed by atoms with Gasteiger partial charge in [0.1, 0.15) is 11.4 Å². The highest BCUT2D eigenvalue weighted by Crippen LogP contribution is 2.40. The second kappa shape index (κ2) is 7.03. The van der Waals surface area contributed by atoms with Crippen LogP contribution in [-0.2, 0) is 4.74 Å². The molecule has 0 aromatic carbocycles. The summed E-state index contributed by atoms with van der Waals surface area (Å²) in [5, 5.41) is 1.58. The van der Waals surface area contributed by atoms with E-state index in [2.05, 4.69) is 38.7 Å². The molecular weight excluding hydrogens is 360 g/mol. The number of nitrogens with zero attached hydrogens (tertiary/aromatic N) is 4. The maximum absolute atomic E-state index is 6.52. The van der Waals surface area contributed by atoms with Crippen molar-refractivity contribution >= 4 is 22.5 Å². The molecule has 0 bridgehead atoms. The molecule has 1 spiro atoms. The van der Waals surface area contributed by atoms with Gasteiger partial charge in [-0.1, -0.05) is 11.6 Å². The van der Waals surface area contributed by atoms with Crippen molar-refractivity contribution in [2.24, 2.45) is 0 Å². The fourth-order valence-electron chi connectivity index (χ4n) is 5.46. The number of fused-ring (bicyclic) bond motifs is 1. The molecule has 2 aromatic rings. The van der Waals surface area contributed by atoms with E-state index in [1.807, 2.05) is 6.07 Å². The Morgan fingerprint density at radius 2 is 2.04 bits per heavy atom. The second-order valence-electron chi connectivity index (χ2n) is 8.62. The summed E-state index contributed by atoms with van der Waals surface area (Å²) < 4.78 is 8.75. The van der Waals surface area contributed by atoms with Gasteiger partial charge in [-0.25, -0.2) is 4.98 Å². The third-order valence-corrected chi connectivity index (χ3v) is 7.38. The maximum atomic E-state index is 6.52. The van der Waals surface area contributed by atoms with Crippen LogP contribution in [-0.4, -0.2) is 64.2 Å². The molecule has 3 saturated heterocycles. The van der Waals surface area contributed by atoms with Crippen LogP contribution in [0.1, 0.15) is 44.8 Å². The Morgan fingerprint density at radius 3 is 2.89 bits per heavy atom. The van der Waals surface area contributed by atoms with Crippen molar-refractivity contribution in [1.82, 2.24) is 19.4 Å². The zero-order chi connectivity index (χ0) is 18.4. The summed E-state index contributed by atoms with van der Waals surface area (Å²) >= 11 is 6.24. The number of ether oxygens (including phenoxy) is 1. The first-order chi connectivity index (χ1) is 13.1. The highest BCUT2D eigenvalue weighted by Gasteiger charge is 2.44. The van der Waals surface area contributed by atoms with Crippen LogP contribution in [0.5, 0.6) is 0 Å². The van der Waals surface area contributed by atoms with Gasteiger partial charge in [0.05, 0.1) is 11.6 Å². The zero-order valence-electron chi connectivity index (χ0n) is 16.1. The monoisotopic (exact) mass is 388 g/mol. The van der Waals surface area contributed by atoms with Gasteiger partial charge in [-0.05, 0) is 77.3 Å². The van der Waals surface area contributed by atoms with E-state index in [0.29, 0.717) is 16.8 Å². The predicted molar refractivity (Wildman–Crippen MR) is 108 cm³/mol. The van der Waals surface area contributed by atoms with Crippen LogP contribution >= 0.6 is 11.6 Å². The molecule has 0 radical (unpaired) electrons. The Labute approximate surface area is 166 Å². The van der Waals surface area contributed by atoms with E-state index in [-0.39, 0.29) is 6.23 Å². The number of pyridine rings is 1. The molecule has 3 aliphatic heterocycles. The molecule has 5 nitrogen and oxygen atoms in total. The van der Waals surface area contributed by atoms with Gasteiger partial charge in [-0.2, -0.15) is 0 Å². The smallest absolute Gasteiger partial charge is 0.138 e. The predicted octanol–water partition coefficient (Wildman–Crippen LogP) is 3.93. The standard InChI is InChI=1S/C21H29ClN4O/c1-24-13-8-21(9-14-24)7-2-11-25(21)15-16-3-4-19(27-16)26-12-6-17-18(26)5-10-23-20(17)22/h5-6,10,12,16,19H,2-4,7-9,11,13-15H2,1H3. The van der Waals surface area contributed by atoms with Crippen molar-refractivity contribution in [2.75, 3.05) is 33.2 Å². The lowest BCUT2D eigenvalue weighted by Gasteiger charge is -2.45. The minimum Gasteiger partial charge on any atom is -0.353 e. The summed E-state index contributed by atoms with van der Waals surface area (Å²) in [7, 11) is 2.25. The van der Waals surface area contributed by atoms with Gasteiger partial charge >= 0.3 is 0 Å². The number of hydrogen-bond acceptors (Lipinski definition) is 4. The lowest BCUT2D eigenvalue weighted by atomic mass is 9.85. The van der Waals surface area contributed by atoms with Crippen LogP contribution in [0.4, 0.5) is 0 Å². The molecule has 146 valence electrons. The average molecular weight is 389 g/mol. The number of hydrogen-bond donors (Lipinski definition) is 0. The van der Waals surface area contributed by atoms with E-state index >= 15 is 0 Å². The van der Waals surface area contributed by atoms with Crippen molar-refractivity contribution in [2.45, 2.75) is 56.4 Å². The molecular formula is C21H29ClN4O. The van der Waals surface area contributed by atoms with Gasteiger partial charge in [-0.15, -0.1) is 0 Å². The first-order valence-corrected chi connectivity index (χ1v) is 10.7. The van der Waals surface area contributed by atoms with Gasteiger partial charge in [-0.3, -0.25) is 4.90 Å². The lowest BCUT2D eigenvalue weighted by molar-refractivity contribution is -0.0321. The van der Waals surface area contributed by atoms with Gasteiger partial charge in [0.25, 0.3) is 0 Å². The van der Waals surface area contributed by atoms with Crippen molar-refractivity contribution in [3.05, 3.63) is 29.7 Å². The van der Waals surface area contributed by atoms with E-state index in [1.165, 1.54) is 45.3 Å². The van der Waals surface area contributed by atoms with Gasteiger partial charge in [0, 0.05) is 29.9 Å². The van der Waals surface area contributed by atoms with Gasteiger partial charge in [0.15, 0.2) is 0 Å². The Hall–Kier alpha value is -1.14. The van der Waals surface area contributed by atoms with Gasteiger partial charge in [0.2, 0.25) is 0 Å². The zero-order valence-corrected chi connectivity index (χ0v) is 16.9. The lowest BCUT2D eigenvalue weighted by Crippen LogP contribution is -2.53. The number of rotatable bonds is 3. The van der Waals surface area contributed by atoms with Crippen molar-refractivity contribution in [3.63, 3.8) is 0 Å². The van der Waals surface area contributed by atoms with E-state index < -0.39 is 0 Å². The molecule has 2 unspecified atom stereocenters. The second-order valence-corrected chi connectivity index (χ2v) is 8.98. The van der Waals surface area contributed by atoms with E-state index in [0.717, 1.165) is 30.3 Å². The number of likely N-dealkylation sites (tertiary alicyclic amines) is 2. The van der Waals surface area contributed by atoms with E-state index in [4.69, 9.17) is 16.3 Å². The highest BCUT2D eigenvalue weighted by atomic mass is 35.5. The summed E-state index contributed by atoms with van der Waals surface area (Å²) in [4.78, 5) is 9.42. The van der Waals surface area contributed by atoms with Crippen LogP contribution < -0.4 is 0 Å². The molecule has 0 aliphatic carbocycles. The summed E-state index contributed by atoms with van der Waals surface area (Å²) in [6, 6.07) is 4.08. The molecule has 5 rings (SSSR count). The number of halogens is 1. The van der Waals surface area contributed by atoms with Crippen molar-refractivity contribution in [3.8, 4) is 0 Å². The summed E-state index contributed by atoms with van der Waals surface area (Å²) in [5.41, 5.74) is 1.56. The van der Waals surface area contributed by atoms with Crippen molar-refractivity contribution < 1.29 is 4.74 Å². The molecule has 6 heteroatoms. The van der Waals surface area contributed by atoms with E-state index in [9.17, 15) is 0 Å². The fraction of sp³-hybridized carbons (Fsp3) is 0.667. The van der Waals surface area contributed by atoms with Crippen LogP contribution in [0.3, 0.4) is 0 Å². The number of piperidine rings is 1. The molecule has 27 heavy (non-hydrogen) atoms. The van der Waals surface area contributed by atoms with Crippen LogP contribution in [0.2, 0.25) is 5.15 Å². The minimum atomic E-state index is 0.113. The molecule has 5 heterocycles. The Kier molecular flexibility index (Phi) is 4.67. The van der Waals surface area contributed by atoms with Crippen LogP contribution in [0.15, 0.2) is 24.5 Å². The largest absolute Gasteiger partial charge is 0.353 e. The summed E-state index contributed by atoms with van der Waals surface area (Å²) in [6.45, 7) is 4.79. The SMILES string of the molecule is CN1CCC2(CCCN2CC2CCC(n3ccc4c(Cl)nccc43)O2)CC1. The first kappa shape index (κ1) is 17.9. The summed E-state index contributed by atoms with van der Waals surface area (Å²) in [6.07, 6.45) is 11.9. The normalized spacial score (nSPS) is 29.3. The Morgan fingerprint density at radius 1 is 1.19 bits per heavy atom.